The van der Waals surface area contributed by atoms with E-state index in [0.717, 1.165) is 30.6 Å². The second-order valence-corrected chi connectivity index (χ2v) is 9.17. The van der Waals surface area contributed by atoms with Crippen LogP contribution >= 0.6 is 11.3 Å². The molecule has 1 aliphatic rings. The molecule has 2 rings (SSSR count). The summed E-state index contributed by atoms with van der Waals surface area (Å²) in [5, 5.41) is 9.06. The van der Waals surface area contributed by atoms with Crippen molar-refractivity contribution in [3.05, 3.63) is 16.5 Å². The number of sulfonamides is 1. The van der Waals surface area contributed by atoms with Crippen LogP contribution in [0.15, 0.2) is 10.3 Å². The lowest BCUT2D eigenvalue weighted by molar-refractivity contribution is 0.0701. The largest absolute Gasteiger partial charge is 0.477 e. The third-order valence-corrected chi connectivity index (χ3v) is 8.04. The highest BCUT2D eigenvalue weighted by atomic mass is 32.2. The third-order valence-electron chi connectivity index (χ3n) is 4.47. The van der Waals surface area contributed by atoms with Crippen LogP contribution in [0.5, 0.6) is 0 Å². The molecule has 0 aromatic carbocycles. The molecule has 1 aromatic rings. The first-order valence-corrected chi connectivity index (χ1v) is 9.29. The number of carboxylic acid groups (broad SMARTS) is 1. The van der Waals surface area contributed by atoms with Gasteiger partial charge in [-0.05, 0) is 36.8 Å². The lowest BCUT2D eigenvalue weighted by atomic mass is 9.79. The van der Waals surface area contributed by atoms with Crippen LogP contribution in [0.4, 0.5) is 0 Å². The van der Waals surface area contributed by atoms with Crippen molar-refractivity contribution in [3.63, 3.8) is 0 Å². The topological polar surface area (TPSA) is 74.7 Å². The maximum Gasteiger partial charge on any atom is 0.346 e. The molecule has 1 fully saturated rings. The van der Waals surface area contributed by atoms with Gasteiger partial charge in [-0.3, -0.25) is 0 Å². The molecule has 0 atom stereocenters. The monoisotopic (exact) mass is 331 g/mol. The molecule has 21 heavy (non-hydrogen) atoms. The average Bonchev–Trinajstić information content (AvgIpc) is 2.82. The molecule has 1 aliphatic heterocycles. The summed E-state index contributed by atoms with van der Waals surface area (Å²) in [4.78, 5) is 11.2. The molecule has 0 saturated carbocycles. The smallest absolute Gasteiger partial charge is 0.346 e. The lowest BCUT2D eigenvalue weighted by Gasteiger charge is -2.37. The molecular weight excluding hydrogens is 310 g/mol. The van der Waals surface area contributed by atoms with Crippen molar-refractivity contribution in [2.24, 2.45) is 5.41 Å². The Morgan fingerprint density at radius 3 is 2.43 bits per heavy atom. The number of carbonyl (C=O) groups is 1. The number of rotatable bonds is 4. The van der Waals surface area contributed by atoms with E-state index in [1.807, 2.05) is 0 Å². The second-order valence-electron chi connectivity index (χ2n) is 5.95. The van der Waals surface area contributed by atoms with Gasteiger partial charge in [-0.25, -0.2) is 13.2 Å². The summed E-state index contributed by atoms with van der Waals surface area (Å²) in [6, 6.07) is 1.47. The number of nitrogens with zero attached hydrogens (tertiary/aromatic N) is 1. The minimum absolute atomic E-state index is 0.101. The number of hydrogen-bond acceptors (Lipinski definition) is 4. The number of aryl methyl sites for hydroxylation is 1. The first-order chi connectivity index (χ1) is 9.69. The highest BCUT2D eigenvalue weighted by Gasteiger charge is 2.35. The minimum Gasteiger partial charge on any atom is -0.477 e. The number of piperidine rings is 1. The minimum atomic E-state index is -3.57. The number of carboxylic acids is 1. The van der Waals surface area contributed by atoms with Gasteiger partial charge in [-0.1, -0.05) is 20.3 Å². The van der Waals surface area contributed by atoms with Gasteiger partial charge >= 0.3 is 5.97 Å². The van der Waals surface area contributed by atoms with Crippen molar-refractivity contribution in [1.82, 2.24) is 4.31 Å². The molecule has 0 aliphatic carbocycles. The fourth-order valence-electron chi connectivity index (χ4n) is 2.54. The van der Waals surface area contributed by atoms with Crippen molar-refractivity contribution in [2.45, 2.75) is 44.2 Å². The summed E-state index contributed by atoms with van der Waals surface area (Å²) in [7, 11) is -3.57. The number of aromatic carboxylic acids is 1. The van der Waals surface area contributed by atoms with Crippen molar-refractivity contribution >= 4 is 27.3 Å². The predicted octanol–water partition coefficient (Wildman–Crippen LogP) is 2.96. The van der Waals surface area contributed by atoms with Crippen molar-refractivity contribution in [2.75, 3.05) is 13.1 Å². The quantitative estimate of drug-likeness (QED) is 0.920. The summed E-state index contributed by atoms with van der Waals surface area (Å²) >= 11 is 0.845. The van der Waals surface area contributed by atoms with E-state index in [1.165, 1.54) is 10.4 Å². The van der Waals surface area contributed by atoms with Gasteiger partial charge in [0.15, 0.2) is 0 Å². The predicted molar refractivity (Wildman–Crippen MR) is 82.4 cm³/mol. The van der Waals surface area contributed by atoms with E-state index in [4.69, 9.17) is 5.11 Å². The highest BCUT2D eigenvalue weighted by Crippen LogP contribution is 2.37. The number of thiophene rings is 1. The molecule has 0 unspecified atom stereocenters. The summed E-state index contributed by atoms with van der Waals surface area (Å²) < 4.78 is 26.9. The molecule has 1 N–H and O–H groups in total. The Bertz CT molecular complexity index is 640. The van der Waals surface area contributed by atoms with Crippen molar-refractivity contribution in [1.29, 1.82) is 0 Å². The second kappa shape index (κ2) is 5.70. The van der Waals surface area contributed by atoms with Gasteiger partial charge < -0.3 is 5.11 Å². The molecule has 0 radical (unpaired) electrons. The molecule has 5 nitrogen and oxygen atoms in total. The van der Waals surface area contributed by atoms with Crippen LogP contribution in [0.2, 0.25) is 0 Å². The van der Waals surface area contributed by atoms with Crippen LogP contribution < -0.4 is 0 Å². The molecule has 1 saturated heterocycles. The zero-order valence-electron chi connectivity index (χ0n) is 12.5. The van der Waals surface area contributed by atoms with E-state index in [-0.39, 0.29) is 14.5 Å². The Labute approximate surface area is 129 Å². The highest BCUT2D eigenvalue weighted by molar-refractivity contribution is 7.91. The van der Waals surface area contributed by atoms with Crippen LogP contribution in [-0.4, -0.2) is 36.9 Å². The van der Waals surface area contributed by atoms with E-state index in [9.17, 15) is 13.2 Å². The first-order valence-electron chi connectivity index (χ1n) is 7.03. The van der Waals surface area contributed by atoms with Crippen LogP contribution in [0.25, 0.3) is 0 Å². The van der Waals surface area contributed by atoms with E-state index in [1.54, 1.807) is 6.92 Å². The van der Waals surface area contributed by atoms with E-state index in [2.05, 4.69) is 13.8 Å². The summed E-state index contributed by atoms with van der Waals surface area (Å²) in [6.07, 6.45) is 2.74. The van der Waals surface area contributed by atoms with Gasteiger partial charge in [0.2, 0.25) is 0 Å². The third kappa shape index (κ3) is 3.14. The Hall–Kier alpha value is -0.920. The maximum atomic E-state index is 12.6. The standard InChI is InChI=1S/C14H21NO4S2/c1-4-14(3)5-7-15(8-6-14)21(18,19)11-9-10(2)12(20-11)13(16)17/h9H,4-8H2,1-3H3,(H,16,17). The van der Waals surface area contributed by atoms with E-state index >= 15 is 0 Å². The SMILES string of the molecule is CCC1(C)CCN(S(=O)(=O)c2cc(C)c(C(=O)O)s2)CC1. The molecule has 0 spiro atoms. The molecule has 0 amide bonds. The zero-order chi connectivity index (χ0) is 15.8. The Kier molecular flexibility index (Phi) is 4.46. The van der Waals surface area contributed by atoms with Crippen molar-refractivity contribution in [3.8, 4) is 0 Å². The molecule has 7 heteroatoms. The maximum absolute atomic E-state index is 12.6. The Morgan fingerprint density at radius 2 is 2.00 bits per heavy atom. The van der Waals surface area contributed by atoms with Crippen LogP contribution in [0, 0.1) is 12.3 Å². The first kappa shape index (κ1) is 16.5. The van der Waals surface area contributed by atoms with E-state index < -0.39 is 16.0 Å². The summed E-state index contributed by atoms with van der Waals surface area (Å²) in [6.45, 7) is 6.96. The van der Waals surface area contributed by atoms with Gasteiger partial charge in [0.1, 0.15) is 9.09 Å². The molecule has 0 bridgehead atoms. The van der Waals surface area contributed by atoms with Crippen LogP contribution in [0.1, 0.15) is 48.3 Å². The van der Waals surface area contributed by atoms with Gasteiger partial charge in [-0.15, -0.1) is 11.3 Å². The molecular formula is C14H21NO4S2. The van der Waals surface area contributed by atoms with Crippen molar-refractivity contribution < 1.29 is 18.3 Å². The van der Waals surface area contributed by atoms with E-state index in [0.29, 0.717) is 18.7 Å². The molecule has 118 valence electrons. The van der Waals surface area contributed by atoms with Crippen LogP contribution in [0.3, 0.4) is 0 Å². The summed E-state index contributed by atoms with van der Waals surface area (Å²) in [5.74, 6) is -1.07. The van der Waals surface area contributed by atoms with Gasteiger partial charge in [0, 0.05) is 13.1 Å². The van der Waals surface area contributed by atoms with Crippen LogP contribution in [-0.2, 0) is 10.0 Å². The average molecular weight is 331 g/mol. The van der Waals surface area contributed by atoms with Gasteiger partial charge in [0.25, 0.3) is 10.0 Å². The van der Waals surface area contributed by atoms with Gasteiger partial charge in [0.05, 0.1) is 0 Å². The number of hydrogen-bond donors (Lipinski definition) is 1. The fraction of sp³-hybridized carbons (Fsp3) is 0.643. The Morgan fingerprint density at radius 1 is 1.43 bits per heavy atom. The molecule has 2 heterocycles. The normalized spacial score (nSPS) is 19.6. The Balaban J connectivity index is 2.24. The molecule has 1 aromatic heterocycles. The van der Waals surface area contributed by atoms with Gasteiger partial charge in [-0.2, -0.15) is 4.31 Å². The zero-order valence-corrected chi connectivity index (χ0v) is 14.2. The fourth-order valence-corrected chi connectivity index (χ4v) is 5.51. The summed E-state index contributed by atoms with van der Waals surface area (Å²) in [5.41, 5.74) is 0.713. The lowest BCUT2D eigenvalue weighted by Crippen LogP contribution is -2.41.